The average molecular weight is 426 g/mol. The number of nitrogens with zero attached hydrogens (tertiary/aromatic N) is 1. The molecule has 0 unspecified atom stereocenters. The van der Waals surface area contributed by atoms with Crippen molar-refractivity contribution in [2.45, 2.75) is 12.8 Å². The lowest BCUT2D eigenvalue weighted by Crippen LogP contribution is -2.41. The van der Waals surface area contributed by atoms with Crippen molar-refractivity contribution < 1.29 is 23.6 Å². The highest BCUT2D eigenvalue weighted by molar-refractivity contribution is 5.98. The molecule has 0 saturated carbocycles. The van der Waals surface area contributed by atoms with Gasteiger partial charge in [-0.1, -0.05) is 0 Å². The Morgan fingerprint density at radius 1 is 0.935 bits per heavy atom. The van der Waals surface area contributed by atoms with Gasteiger partial charge >= 0.3 is 0 Å². The Morgan fingerprint density at radius 3 is 2.10 bits per heavy atom. The van der Waals surface area contributed by atoms with Crippen molar-refractivity contribution in [2.24, 2.45) is 11.7 Å². The van der Waals surface area contributed by atoms with Gasteiger partial charge in [0.15, 0.2) is 0 Å². The van der Waals surface area contributed by atoms with Gasteiger partial charge in [-0.25, -0.2) is 4.39 Å². The Balaban J connectivity index is 1.49. The van der Waals surface area contributed by atoms with Crippen molar-refractivity contribution in [3.8, 4) is 0 Å². The second-order valence-electron chi connectivity index (χ2n) is 7.29. The summed E-state index contributed by atoms with van der Waals surface area (Å²) in [7, 11) is 0. The highest BCUT2D eigenvalue weighted by atomic mass is 19.1. The molecule has 1 aliphatic heterocycles. The molecule has 4 N–H and O–H groups in total. The SMILES string of the molecule is NC(=O)CNC(=O)c1ccc(NC(=O)C2CCN(C(=O)c3ccc(F)cc3)CC2)cc1. The third kappa shape index (κ3) is 5.88. The number of nitrogens with one attached hydrogen (secondary N) is 2. The number of nitrogens with two attached hydrogens (primary N) is 1. The first-order valence-electron chi connectivity index (χ1n) is 9.86. The van der Waals surface area contributed by atoms with Crippen LogP contribution in [-0.4, -0.2) is 48.2 Å². The van der Waals surface area contributed by atoms with Gasteiger partial charge in [0.1, 0.15) is 5.82 Å². The summed E-state index contributed by atoms with van der Waals surface area (Å²) in [4.78, 5) is 49.3. The van der Waals surface area contributed by atoms with Crippen LogP contribution in [0.25, 0.3) is 0 Å². The number of rotatable bonds is 6. The van der Waals surface area contributed by atoms with E-state index in [1.54, 1.807) is 17.0 Å². The molecule has 1 heterocycles. The minimum atomic E-state index is -0.636. The summed E-state index contributed by atoms with van der Waals surface area (Å²) in [5.74, 6) is -2.04. The molecule has 1 saturated heterocycles. The predicted octanol–water partition coefficient (Wildman–Crippen LogP) is 1.53. The summed E-state index contributed by atoms with van der Waals surface area (Å²) in [5.41, 5.74) is 6.30. The van der Waals surface area contributed by atoms with Crippen LogP contribution in [-0.2, 0) is 9.59 Å². The third-order valence-electron chi connectivity index (χ3n) is 5.08. The Morgan fingerprint density at radius 2 is 1.52 bits per heavy atom. The van der Waals surface area contributed by atoms with Crippen LogP contribution in [0.4, 0.5) is 10.1 Å². The molecule has 9 heteroatoms. The zero-order valence-electron chi connectivity index (χ0n) is 16.8. The van der Waals surface area contributed by atoms with Gasteiger partial charge in [-0.3, -0.25) is 19.2 Å². The van der Waals surface area contributed by atoms with E-state index in [0.717, 1.165) is 0 Å². The first kappa shape index (κ1) is 21.9. The molecule has 1 aliphatic rings. The Kier molecular flexibility index (Phi) is 6.96. The highest BCUT2D eigenvalue weighted by Gasteiger charge is 2.28. The van der Waals surface area contributed by atoms with E-state index in [2.05, 4.69) is 10.6 Å². The number of piperidine rings is 1. The average Bonchev–Trinajstić information content (AvgIpc) is 2.78. The van der Waals surface area contributed by atoms with Crippen molar-refractivity contribution in [3.05, 3.63) is 65.5 Å². The summed E-state index contributed by atoms with van der Waals surface area (Å²) in [5, 5.41) is 5.21. The van der Waals surface area contributed by atoms with Gasteiger partial charge in [0, 0.05) is 35.8 Å². The topological polar surface area (TPSA) is 122 Å². The quantitative estimate of drug-likeness (QED) is 0.648. The summed E-state index contributed by atoms with van der Waals surface area (Å²) in [6.45, 7) is 0.625. The van der Waals surface area contributed by atoms with Gasteiger partial charge in [-0.05, 0) is 61.4 Å². The van der Waals surface area contributed by atoms with Gasteiger partial charge < -0.3 is 21.3 Å². The molecular weight excluding hydrogens is 403 g/mol. The van der Waals surface area contributed by atoms with Gasteiger partial charge in [0.25, 0.3) is 11.8 Å². The fourth-order valence-electron chi connectivity index (χ4n) is 3.34. The summed E-state index contributed by atoms with van der Waals surface area (Å²) in [6, 6.07) is 11.7. The minimum Gasteiger partial charge on any atom is -0.368 e. The van der Waals surface area contributed by atoms with Crippen molar-refractivity contribution in [3.63, 3.8) is 0 Å². The van der Waals surface area contributed by atoms with Crippen LogP contribution in [0.5, 0.6) is 0 Å². The zero-order chi connectivity index (χ0) is 22.4. The van der Waals surface area contributed by atoms with E-state index in [1.807, 2.05) is 0 Å². The maximum absolute atomic E-state index is 13.0. The number of hydrogen-bond acceptors (Lipinski definition) is 4. The third-order valence-corrected chi connectivity index (χ3v) is 5.08. The van der Waals surface area contributed by atoms with E-state index in [4.69, 9.17) is 5.73 Å². The van der Waals surface area contributed by atoms with Crippen molar-refractivity contribution in [1.82, 2.24) is 10.2 Å². The molecule has 0 radical (unpaired) electrons. The lowest BCUT2D eigenvalue weighted by atomic mass is 9.95. The molecule has 0 aliphatic carbocycles. The van der Waals surface area contributed by atoms with Crippen LogP contribution in [0.3, 0.4) is 0 Å². The number of anilines is 1. The highest BCUT2D eigenvalue weighted by Crippen LogP contribution is 2.21. The second-order valence-corrected chi connectivity index (χ2v) is 7.29. The van der Waals surface area contributed by atoms with Crippen molar-refractivity contribution in [1.29, 1.82) is 0 Å². The number of carbonyl (C=O) groups is 4. The van der Waals surface area contributed by atoms with Crippen molar-refractivity contribution in [2.75, 3.05) is 25.0 Å². The second kappa shape index (κ2) is 9.84. The van der Waals surface area contributed by atoms with Gasteiger partial charge in [-0.15, -0.1) is 0 Å². The molecule has 1 fully saturated rings. The molecule has 162 valence electrons. The van der Waals surface area contributed by atoms with E-state index in [-0.39, 0.29) is 24.3 Å². The molecule has 31 heavy (non-hydrogen) atoms. The van der Waals surface area contributed by atoms with Crippen LogP contribution in [0, 0.1) is 11.7 Å². The molecule has 2 aromatic carbocycles. The van der Waals surface area contributed by atoms with Crippen LogP contribution in [0.1, 0.15) is 33.6 Å². The smallest absolute Gasteiger partial charge is 0.253 e. The Hall–Kier alpha value is -3.75. The lowest BCUT2D eigenvalue weighted by Gasteiger charge is -2.31. The van der Waals surface area contributed by atoms with Crippen LogP contribution in [0.15, 0.2) is 48.5 Å². The van der Waals surface area contributed by atoms with E-state index < -0.39 is 17.6 Å². The lowest BCUT2D eigenvalue weighted by molar-refractivity contribution is -0.121. The number of amides is 4. The number of halogens is 1. The first-order valence-corrected chi connectivity index (χ1v) is 9.86. The van der Waals surface area contributed by atoms with Gasteiger partial charge in [0.05, 0.1) is 6.54 Å². The summed E-state index contributed by atoms with van der Waals surface area (Å²) < 4.78 is 13.0. The minimum absolute atomic E-state index is 0.153. The number of carbonyl (C=O) groups excluding carboxylic acids is 4. The Bertz CT molecular complexity index is 968. The monoisotopic (exact) mass is 426 g/mol. The number of primary amides is 1. The molecular formula is C22H23FN4O4. The fraction of sp³-hybridized carbons (Fsp3) is 0.273. The normalized spacial score (nSPS) is 14.0. The van der Waals surface area contributed by atoms with E-state index in [9.17, 15) is 23.6 Å². The summed E-state index contributed by atoms with van der Waals surface area (Å²) >= 11 is 0. The largest absolute Gasteiger partial charge is 0.368 e. The van der Waals surface area contributed by atoms with E-state index in [1.165, 1.54) is 36.4 Å². The fourth-order valence-corrected chi connectivity index (χ4v) is 3.34. The van der Waals surface area contributed by atoms with Gasteiger partial charge in [-0.2, -0.15) is 0 Å². The molecule has 0 spiro atoms. The molecule has 0 bridgehead atoms. The molecule has 8 nitrogen and oxygen atoms in total. The Labute approximate surface area is 178 Å². The molecule has 4 amide bonds. The first-order chi connectivity index (χ1) is 14.8. The number of hydrogen-bond donors (Lipinski definition) is 3. The molecule has 2 aromatic rings. The molecule has 3 rings (SSSR count). The van der Waals surface area contributed by atoms with Crippen LogP contribution >= 0.6 is 0 Å². The summed E-state index contributed by atoms with van der Waals surface area (Å²) in [6.07, 6.45) is 1.04. The number of benzene rings is 2. The molecule has 0 atom stereocenters. The number of likely N-dealkylation sites (tertiary alicyclic amines) is 1. The van der Waals surface area contributed by atoms with Gasteiger partial charge in [0.2, 0.25) is 11.8 Å². The van der Waals surface area contributed by atoms with E-state index >= 15 is 0 Å². The predicted molar refractivity (Wildman–Crippen MR) is 112 cm³/mol. The maximum Gasteiger partial charge on any atom is 0.253 e. The zero-order valence-corrected chi connectivity index (χ0v) is 16.8. The van der Waals surface area contributed by atoms with E-state index in [0.29, 0.717) is 42.7 Å². The van der Waals surface area contributed by atoms with Crippen LogP contribution < -0.4 is 16.4 Å². The molecule has 0 aromatic heterocycles. The maximum atomic E-state index is 13.0. The van der Waals surface area contributed by atoms with Crippen molar-refractivity contribution >= 4 is 29.3 Å². The standard InChI is InChI=1S/C22H23FN4O4/c23-17-5-1-16(2-6-17)22(31)27-11-9-15(10-12-27)21(30)26-18-7-3-14(4-8-18)20(29)25-13-19(24)28/h1-8,15H,9-13H2,(H2,24,28)(H,25,29)(H,26,30). The van der Waals surface area contributed by atoms with Crippen LogP contribution in [0.2, 0.25) is 0 Å².